The average Bonchev–Trinajstić information content (AvgIpc) is 2.37. The van der Waals surface area contributed by atoms with Crippen LogP contribution in [-0.4, -0.2) is 66.0 Å². The molecule has 0 bridgehead atoms. The number of carboxylic acids is 1. The van der Waals surface area contributed by atoms with Crippen LogP contribution >= 0.6 is 0 Å². The number of rotatable bonds is 6. The third kappa shape index (κ3) is 4.67. The molecular weight excluding hydrogens is 246 g/mol. The number of amides is 1. The van der Waals surface area contributed by atoms with Gasteiger partial charge in [0.25, 0.3) is 5.91 Å². The Morgan fingerprint density at radius 3 is 2.37 bits per heavy atom. The monoisotopic (exact) mass is 265 g/mol. The fraction of sp³-hybridized carbons (Fsp3) is 0.462. The van der Waals surface area contributed by atoms with E-state index in [1.807, 2.05) is 19.0 Å². The van der Waals surface area contributed by atoms with Crippen molar-refractivity contribution in [2.75, 3.05) is 34.2 Å². The van der Waals surface area contributed by atoms with E-state index in [0.29, 0.717) is 6.54 Å². The van der Waals surface area contributed by atoms with Gasteiger partial charge in [0.2, 0.25) is 0 Å². The number of hydrogen-bond donors (Lipinski definition) is 1. The summed E-state index contributed by atoms with van der Waals surface area (Å²) in [4.78, 5) is 30.3. The Morgan fingerprint density at radius 1 is 1.16 bits per heavy atom. The fourth-order valence-electron chi connectivity index (χ4n) is 1.59. The van der Waals surface area contributed by atoms with Crippen LogP contribution in [0.25, 0.3) is 0 Å². The van der Waals surface area contributed by atoms with Crippen molar-refractivity contribution in [1.82, 2.24) is 14.8 Å². The first kappa shape index (κ1) is 15.1. The predicted molar refractivity (Wildman–Crippen MR) is 71.3 cm³/mol. The van der Waals surface area contributed by atoms with Crippen LogP contribution in [0.4, 0.5) is 0 Å². The van der Waals surface area contributed by atoms with Gasteiger partial charge in [0.05, 0.1) is 0 Å². The zero-order valence-electron chi connectivity index (χ0n) is 11.5. The second-order valence-electron chi connectivity index (χ2n) is 4.60. The maximum atomic E-state index is 12.1. The molecule has 1 rings (SSSR count). The van der Waals surface area contributed by atoms with E-state index in [2.05, 4.69) is 4.98 Å². The van der Waals surface area contributed by atoms with Crippen molar-refractivity contribution in [3.63, 3.8) is 0 Å². The summed E-state index contributed by atoms with van der Waals surface area (Å²) in [5, 5.41) is 8.84. The van der Waals surface area contributed by atoms with Gasteiger partial charge < -0.3 is 14.9 Å². The van der Waals surface area contributed by atoms with Crippen molar-refractivity contribution in [3.8, 4) is 0 Å². The van der Waals surface area contributed by atoms with Gasteiger partial charge in [0.1, 0.15) is 11.4 Å². The largest absolute Gasteiger partial charge is 0.477 e. The molecule has 0 aliphatic rings. The van der Waals surface area contributed by atoms with Gasteiger partial charge >= 0.3 is 5.97 Å². The van der Waals surface area contributed by atoms with Gasteiger partial charge in [0.15, 0.2) is 0 Å². The third-order valence-corrected chi connectivity index (χ3v) is 2.63. The molecule has 0 fully saturated rings. The van der Waals surface area contributed by atoms with E-state index in [-0.39, 0.29) is 17.3 Å². The van der Waals surface area contributed by atoms with E-state index >= 15 is 0 Å². The Labute approximate surface area is 112 Å². The third-order valence-electron chi connectivity index (χ3n) is 2.63. The molecular formula is C13H19N3O3. The number of aromatic nitrogens is 1. The first-order chi connectivity index (χ1) is 8.91. The smallest absolute Gasteiger partial charge is 0.354 e. The Morgan fingerprint density at radius 2 is 1.79 bits per heavy atom. The first-order valence-electron chi connectivity index (χ1n) is 6.02. The number of carbonyl (C=O) groups is 2. The summed E-state index contributed by atoms with van der Waals surface area (Å²) in [6, 6.07) is 4.42. The number of nitrogens with zero attached hydrogens (tertiary/aromatic N) is 3. The molecule has 0 spiro atoms. The van der Waals surface area contributed by atoms with E-state index in [1.54, 1.807) is 11.9 Å². The molecule has 0 saturated carbocycles. The number of carboxylic acid groups (broad SMARTS) is 1. The predicted octanol–water partition coefficient (Wildman–Crippen LogP) is 0.803. The van der Waals surface area contributed by atoms with Crippen LogP contribution in [0.2, 0.25) is 0 Å². The molecule has 19 heavy (non-hydrogen) atoms. The minimum absolute atomic E-state index is 0.118. The normalized spacial score (nSPS) is 10.5. The quantitative estimate of drug-likeness (QED) is 0.823. The lowest BCUT2D eigenvalue weighted by atomic mass is 10.2. The van der Waals surface area contributed by atoms with E-state index in [1.165, 1.54) is 18.2 Å². The molecule has 0 aromatic carbocycles. The van der Waals surface area contributed by atoms with Crippen LogP contribution in [0.1, 0.15) is 27.4 Å². The first-order valence-corrected chi connectivity index (χ1v) is 6.02. The SMILES string of the molecule is CN(C)CCCN(C)C(=O)c1cccc(C(=O)O)n1. The van der Waals surface area contributed by atoms with Crippen LogP contribution in [-0.2, 0) is 0 Å². The molecule has 1 N–H and O–H groups in total. The lowest BCUT2D eigenvalue weighted by molar-refractivity contribution is 0.0690. The minimum atomic E-state index is -1.13. The molecule has 0 saturated heterocycles. The Hall–Kier alpha value is -1.95. The topological polar surface area (TPSA) is 73.7 Å². The molecule has 1 aromatic rings. The number of pyridine rings is 1. The molecule has 0 unspecified atom stereocenters. The van der Waals surface area contributed by atoms with Crippen molar-refractivity contribution in [2.24, 2.45) is 0 Å². The lowest BCUT2D eigenvalue weighted by Gasteiger charge is -2.18. The number of hydrogen-bond acceptors (Lipinski definition) is 4. The average molecular weight is 265 g/mol. The van der Waals surface area contributed by atoms with Crippen molar-refractivity contribution >= 4 is 11.9 Å². The highest BCUT2D eigenvalue weighted by atomic mass is 16.4. The molecule has 0 atom stereocenters. The van der Waals surface area contributed by atoms with E-state index in [9.17, 15) is 9.59 Å². The Kier molecular flexibility index (Phi) is 5.44. The van der Waals surface area contributed by atoms with Gasteiger partial charge in [-0.2, -0.15) is 0 Å². The van der Waals surface area contributed by atoms with Gasteiger partial charge in [-0.1, -0.05) is 6.07 Å². The maximum absolute atomic E-state index is 12.1. The molecule has 1 heterocycles. The molecule has 1 amide bonds. The van der Waals surface area contributed by atoms with Crippen LogP contribution in [0.15, 0.2) is 18.2 Å². The highest BCUT2D eigenvalue weighted by molar-refractivity contribution is 5.94. The van der Waals surface area contributed by atoms with E-state index < -0.39 is 5.97 Å². The summed E-state index contributed by atoms with van der Waals surface area (Å²) in [7, 11) is 5.63. The second kappa shape index (κ2) is 6.84. The highest BCUT2D eigenvalue weighted by Crippen LogP contribution is 2.04. The summed E-state index contributed by atoms with van der Waals surface area (Å²) in [6.07, 6.45) is 0.855. The summed E-state index contributed by atoms with van der Waals surface area (Å²) in [5.41, 5.74) is 0.0415. The molecule has 6 nitrogen and oxygen atoms in total. The van der Waals surface area contributed by atoms with Crippen molar-refractivity contribution < 1.29 is 14.7 Å². The van der Waals surface area contributed by atoms with Crippen molar-refractivity contribution in [3.05, 3.63) is 29.6 Å². The van der Waals surface area contributed by atoms with Crippen LogP contribution in [0.5, 0.6) is 0 Å². The standard InChI is InChI=1S/C13H19N3O3/c1-15(2)8-5-9-16(3)12(17)10-6-4-7-11(14-10)13(18)19/h4,6-7H,5,8-9H2,1-3H3,(H,18,19). The number of aromatic carboxylic acids is 1. The van der Waals surface area contributed by atoms with Crippen molar-refractivity contribution in [1.29, 1.82) is 0 Å². The molecule has 0 aliphatic heterocycles. The maximum Gasteiger partial charge on any atom is 0.354 e. The van der Waals surface area contributed by atoms with Gasteiger partial charge in [-0.25, -0.2) is 9.78 Å². The van der Waals surface area contributed by atoms with Gasteiger partial charge in [0, 0.05) is 13.6 Å². The Balaban J connectivity index is 2.66. The second-order valence-corrected chi connectivity index (χ2v) is 4.60. The Bertz CT molecular complexity index is 460. The zero-order valence-corrected chi connectivity index (χ0v) is 11.5. The summed E-state index contributed by atoms with van der Waals surface area (Å²) < 4.78 is 0. The van der Waals surface area contributed by atoms with Crippen LogP contribution < -0.4 is 0 Å². The lowest BCUT2D eigenvalue weighted by Crippen LogP contribution is -2.30. The summed E-state index contributed by atoms with van der Waals surface area (Å²) >= 11 is 0. The van der Waals surface area contributed by atoms with Gasteiger partial charge in [-0.05, 0) is 39.2 Å². The summed E-state index contributed by atoms with van der Waals surface area (Å²) in [5.74, 6) is -1.40. The summed E-state index contributed by atoms with van der Waals surface area (Å²) in [6.45, 7) is 1.50. The highest BCUT2D eigenvalue weighted by Gasteiger charge is 2.15. The number of carbonyl (C=O) groups excluding carboxylic acids is 1. The zero-order chi connectivity index (χ0) is 14.4. The molecule has 0 radical (unpaired) electrons. The van der Waals surface area contributed by atoms with Gasteiger partial charge in [-0.3, -0.25) is 4.79 Å². The minimum Gasteiger partial charge on any atom is -0.477 e. The molecule has 1 aromatic heterocycles. The van der Waals surface area contributed by atoms with E-state index in [0.717, 1.165) is 13.0 Å². The molecule has 6 heteroatoms. The van der Waals surface area contributed by atoms with Gasteiger partial charge in [-0.15, -0.1) is 0 Å². The molecule has 0 aliphatic carbocycles. The van der Waals surface area contributed by atoms with Crippen LogP contribution in [0, 0.1) is 0 Å². The fourth-order valence-corrected chi connectivity index (χ4v) is 1.59. The van der Waals surface area contributed by atoms with E-state index in [4.69, 9.17) is 5.11 Å². The van der Waals surface area contributed by atoms with Crippen molar-refractivity contribution in [2.45, 2.75) is 6.42 Å². The van der Waals surface area contributed by atoms with Crippen LogP contribution in [0.3, 0.4) is 0 Å². The molecule has 104 valence electrons.